The minimum Gasteiger partial charge on any atom is -0.314 e. The van der Waals surface area contributed by atoms with E-state index in [1.807, 2.05) is 19.0 Å². The molecule has 2 atom stereocenters. The molecule has 0 spiro atoms. The van der Waals surface area contributed by atoms with Gasteiger partial charge in [-0.25, -0.2) is 4.39 Å². The van der Waals surface area contributed by atoms with Crippen LogP contribution in [0.15, 0.2) is 0 Å². The maximum atomic E-state index is 13.7. The lowest BCUT2D eigenvalue weighted by Crippen LogP contribution is -2.56. The van der Waals surface area contributed by atoms with Gasteiger partial charge in [-0.3, -0.25) is 0 Å². The topological polar surface area (TPSA) is 15.3 Å². The van der Waals surface area contributed by atoms with E-state index in [0.29, 0.717) is 6.54 Å². The summed E-state index contributed by atoms with van der Waals surface area (Å²) in [7, 11) is 3.79. The number of nitrogens with zero attached hydrogens (tertiary/aromatic N) is 1. The van der Waals surface area contributed by atoms with Gasteiger partial charge in [0.1, 0.15) is 5.67 Å². The van der Waals surface area contributed by atoms with Crippen molar-refractivity contribution < 1.29 is 4.39 Å². The summed E-state index contributed by atoms with van der Waals surface area (Å²) in [5.74, 6) is 0. The van der Waals surface area contributed by atoms with E-state index in [2.05, 4.69) is 5.32 Å². The van der Waals surface area contributed by atoms with E-state index in [1.165, 1.54) is 0 Å². The van der Waals surface area contributed by atoms with Crippen LogP contribution in [0, 0.1) is 0 Å². The molecule has 1 saturated heterocycles. The largest absolute Gasteiger partial charge is 0.314 e. The maximum absolute atomic E-state index is 13.7. The van der Waals surface area contributed by atoms with E-state index in [1.54, 1.807) is 6.92 Å². The SMILES string of the molecule is CN[C@H]1CCN(C)C[C@@]1(C)F. The molecule has 0 radical (unpaired) electrons. The van der Waals surface area contributed by atoms with Gasteiger partial charge in [0.2, 0.25) is 0 Å². The Hall–Kier alpha value is -0.150. The zero-order valence-corrected chi connectivity index (χ0v) is 7.52. The summed E-state index contributed by atoms with van der Waals surface area (Å²) in [5, 5.41) is 3.01. The van der Waals surface area contributed by atoms with Gasteiger partial charge in [-0.05, 0) is 34.0 Å². The summed E-state index contributed by atoms with van der Waals surface area (Å²) >= 11 is 0. The molecule has 1 aliphatic rings. The molecule has 0 aromatic rings. The Morgan fingerprint density at radius 1 is 1.64 bits per heavy atom. The quantitative estimate of drug-likeness (QED) is 0.605. The number of rotatable bonds is 1. The number of piperidine rings is 1. The van der Waals surface area contributed by atoms with Crippen molar-refractivity contribution in [2.45, 2.75) is 25.1 Å². The third kappa shape index (κ3) is 1.91. The van der Waals surface area contributed by atoms with Crippen molar-refractivity contribution >= 4 is 0 Å². The summed E-state index contributed by atoms with van der Waals surface area (Å²) in [4.78, 5) is 2.04. The molecule has 1 fully saturated rings. The normalized spacial score (nSPS) is 40.9. The van der Waals surface area contributed by atoms with Crippen molar-refractivity contribution in [3.05, 3.63) is 0 Å². The number of alkyl halides is 1. The van der Waals surface area contributed by atoms with Crippen molar-refractivity contribution in [3.8, 4) is 0 Å². The first kappa shape index (κ1) is 8.94. The summed E-state index contributed by atoms with van der Waals surface area (Å²) in [5.41, 5.74) is -1.07. The average Bonchev–Trinajstić information content (AvgIpc) is 1.85. The number of hydrogen-bond acceptors (Lipinski definition) is 2. The Kier molecular flexibility index (Phi) is 2.50. The number of likely N-dealkylation sites (tertiary alicyclic amines) is 1. The molecule has 0 aromatic carbocycles. The van der Waals surface area contributed by atoms with Crippen molar-refractivity contribution in [2.24, 2.45) is 0 Å². The highest BCUT2D eigenvalue weighted by molar-refractivity contribution is 4.93. The van der Waals surface area contributed by atoms with Crippen LogP contribution in [0.4, 0.5) is 4.39 Å². The van der Waals surface area contributed by atoms with Crippen molar-refractivity contribution in [2.75, 3.05) is 27.2 Å². The lowest BCUT2D eigenvalue weighted by Gasteiger charge is -2.39. The first-order chi connectivity index (χ1) is 5.06. The van der Waals surface area contributed by atoms with Crippen molar-refractivity contribution in [1.82, 2.24) is 10.2 Å². The highest BCUT2D eigenvalue weighted by Crippen LogP contribution is 2.23. The van der Waals surface area contributed by atoms with Crippen molar-refractivity contribution in [1.29, 1.82) is 0 Å². The minimum atomic E-state index is -1.07. The summed E-state index contributed by atoms with van der Waals surface area (Å²) in [6.45, 7) is 3.20. The van der Waals surface area contributed by atoms with E-state index in [-0.39, 0.29) is 6.04 Å². The molecule has 1 heterocycles. The molecule has 0 amide bonds. The van der Waals surface area contributed by atoms with E-state index >= 15 is 0 Å². The van der Waals surface area contributed by atoms with Gasteiger partial charge < -0.3 is 10.2 Å². The van der Waals surface area contributed by atoms with E-state index in [9.17, 15) is 4.39 Å². The molecule has 3 heteroatoms. The molecule has 66 valence electrons. The molecule has 1 rings (SSSR count). The highest BCUT2D eigenvalue weighted by atomic mass is 19.1. The summed E-state index contributed by atoms with van der Waals surface area (Å²) < 4.78 is 13.7. The fourth-order valence-electron chi connectivity index (χ4n) is 1.81. The first-order valence-corrected chi connectivity index (χ1v) is 4.11. The molecule has 0 saturated carbocycles. The Balaban J connectivity index is 2.56. The Morgan fingerprint density at radius 3 is 2.73 bits per heavy atom. The van der Waals surface area contributed by atoms with Gasteiger partial charge in [0.25, 0.3) is 0 Å². The Morgan fingerprint density at radius 2 is 2.27 bits per heavy atom. The number of halogens is 1. The molecule has 2 nitrogen and oxygen atoms in total. The third-order valence-electron chi connectivity index (χ3n) is 2.45. The third-order valence-corrected chi connectivity index (χ3v) is 2.45. The van der Waals surface area contributed by atoms with E-state index in [0.717, 1.165) is 13.0 Å². The van der Waals surface area contributed by atoms with Crippen LogP contribution in [0.5, 0.6) is 0 Å². The second-order valence-corrected chi connectivity index (χ2v) is 3.65. The van der Waals surface area contributed by atoms with Gasteiger partial charge in [-0.1, -0.05) is 0 Å². The van der Waals surface area contributed by atoms with Gasteiger partial charge in [0, 0.05) is 12.6 Å². The number of nitrogens with one attached hydrogen (secondary N) is 1. The smallest absolute Gasteiger partial charge is 0.136 e. The summed E-state index contributed by atoms with van der Waals surface area (Å²) in [6.07, 6.45) is 0.903. The molecule has 1 aliphatic heterocycles. The zero-order valence-electron chi connectivity index (χ0n) is 7.52. The Labute approximate surface area is 67.8 Å². The molecule has 0 aromatic heterocycles. The molecule has 0 unspecified atom stereocenters. The average molecular weight is 160 g/mol. The van der Waals surface area contributed by atoms with Crippen LogP contribution in [0.3, 0.4) is 0 Å². The Bertz CT molecular complexity index is 136. The monoisotopic (exact) mass is 160 g/mol. The number of hydrogen-bond donors (Lipinski definition) is 1. The van der Waals surface area contributed by atoms with Gasteiger partial charge in [-0.15, -0.1) is 0 Å². The van der Waals surface area contributed by atoms with Crippen LogP contribution in [0.25, 0.3) is 0 Å². The van der Waals surface area contributed by atoms with Crippen LogP contribution in [-0.2, 0) is 0 Å². The standard InChI is InChI=1S/C8H17FN2/c1-8(9)6-11(3)5-4-7(8)10-2/h7,10H,4-6H2,1-3H3/t7-,8+/m0/s1. The van der Waals surface area contributed by atoms with Crippen LogP contribution < -0.4 is 5.32 Å². The van der Waals surface area contributed by atoms with Crippen LogP contribution in [-0.4, -0.2) is 43.8 Å². The molecule has 0 aliphatic carbocycles. The summed E-state index contributed by atoms with van der Waals surface area (Å²) in [6, 6.07) is 0.0266. The van der Waals surface area contributed by atoms with Crippen LogP contribution >= 0.6 is 0 Å². The fraction of sp³-hybridized carbons (Fsp3) is 1.00. The van der Waals surface area contributed by atoms with Gasteiger partial charge in [0.15, 0.2) is 0 Å². The van der Waals surface area contributed by atoms with Crippen LogP contribution in [0.1, 0.15) is 13.3 Å². The van der Waals surface area contributed by atoms with Gasteiger partial charge in [0.05, 0.1) is 0 Å². The maximum Gasteiger partial charge on any atom is 0.136 e. The van der Waals surface area contributed by atoms with E-state index in [4.69, 9.17) is 0 Å². The molecular formula is C8H17FN2. The fourth-order valence-corrected chi connectivity index (χ4v) is 1.81. The highest BCUT2D eigenvalue weighted by Gasteiger charge is 2.37. The first-order valence-electron chi connectivity index (χ1n) is 4.11. The van der Waals surface area contributed by atoms with Crippen LogP contribution in [0.2, 0.25) is 0 Å². The lowest BCUT2D eigenvalue weighted by molar-refractivity contribution is 0.0419. The van der Waals surface area contributed by atoms with Crippen molar-refractivity contribution in [3.63, 3.8) is 0 Å². The predicted molar refractivity (Wildman–Crippen MR) is 44.5 cm³/mol. The second-order valence-electron chi connectivity index (χ2n) is 3.65. The molecular weight excluding hydrogens is 143 g/mol. The zero-order chi connectivity index (χ0) is 8.48. The molecule has 1 N–H and O–H groups in total. The molecule has 0 bridgehead atoms. The predicted octanol–water partition coefficient (Wildman–Crippen LogP) is 0.638. The lowest BCUT2D eigenvalue weighted by atomic mass is 9.91. The molecule has 11 heavy (non-hydrogen) atoms. The minimum absolute atomic E-state index is 0.0266. The van der Waals surface area contributed by atoms with Gasteiger partial charge in [-0.2, -0.15) is 0 Å². The van der Waals surface area contributed by atoms with Gasteiger partial charge >= 0.3 is 0 Å². The second kappa shape index (κ2) is 3.07. The van der Waals surface area contributed by atoms with E-state index < -0.39 is 5.67 Å².